The van der Waals surface area contributed by atoms with Crippen molar-refractivity contribution < 1.29 is 9.18 Å². The van der Waals surface area contributed by atoms with Crippen LogP contribution in [-0.4, -0.2) is 37.9 Å². The van der Waals surface area contributed by atoms with Crippen molar-refractivity contribution in [2.45, 2.75) is 37.9 Å². The second-order valence-corrected chi connectivity index (χ2v) is 5.84. The normalized spacial score (nSPS) is 12.1. The molecule has 0 saturated heterocycles. The summed E-state index contributed by atoms with van der Waals surface area (Å²) in [6.07, 6.45) is 1.96. The second-order valence-electron chi connectivity index (χ2n) is 4.90. The molecule has 0 unspecified atom stereocenters. The van der Waals surface area contributed by atoms with E-state index >= 15 is 0 Å². The topological polar surface area (TPSA) is 72.7 Å². The summed E-state index contributed by atoms with van der Waals surface area (Å²) in [5, 5.41) is 14.7. The van der Waals surface area contributed by atoms with E-state index in [0.717, 1.165) is 12.8 Å². The van der Waals surface area contributed by atoms with Gasteiger partial charge in [0, 0.05) is 6.04 Å². The Morgan fingerprint density at radius 2 is 2.32 bits per heavy atom. The minimum atomic E-state index is -0.366. The van der Waals surface area contributed by atoms with Gasteiger partial charge in [0.2, 0.25) is 11.1 Å². The fourth-order valence-corrected chi connectivity index (χ4v) is 2.69. The van der Waals surface area contributed by atoms with Crippen molar-refractivity contribution in [1.82, 2.24) is 25.5 Å². The van der Waals surface area contributed by atoms with E-state index in [1.807, 2.05) is 6.92 Å². The van der Waals surface area contributed by atoms with Crippen molar-refractivity contribution in [3.8, 4) is 5.69 Å². The molecule has 0 aliphatic heterocycles. The van der Waals surface area contributed by atoms with E-state index in [1.54, 1.807) is 12.1 Å². The zero-order valence-corrected chi connectivity index (χ0v) is 13.3. The number of aromatic nitrogens is 4. The van der Waals surface area contributed by atoms with Crippen molar-refractivity contribution in [2.75, 3.05) is 5.75 Å². The van der Waals surface area contributed by atoms with Gasteiger partial charge >= 0.3 is 0 Å². The highest BCUT2D eigenvalue weighted by Gasteiger charge is 2.13. The second kappa shape index (κ2) is 7.88. The number of tetrazole rings is 1. The molecule has 1 atom stereocenters. The van der Waals surface area contributed by atoms with Gasteiger partial charge in [-0.05, 0) is 42.0 Å². The molecule has 0 spiro atoms. The number of carbonyl (C=O) groups is 1. The highest BCUT2D eigenvalue weighted by molar-refractivity contribution is 7.99. The average Bonchev–Trinajstić information content (AvgIpc) is 2.93. The monoisotopic (exact) mass is 323 g/mol. The summed E-state index contributed by atoms with van der Waals surface area (Å²) in [5.41, 5.74) is 0.521. The molecule has 2 aromatic rings. The van der Waals surface area contributed by atoms with Crippen LogP contribution in [0.4, 0.5) is 4.39 Å². The van der Waals surface area contributed by atoms with Gasteiger partial charge in [0.15, 0.2) is 0 Å². The third kappa shape index (κ3) is 4.52. The number of nitrogens with one attached hydrogen (secondary N) is 1. The Kier molecular flexibility index (Phi) is 5.88. The van der Waals surface area contributed by atoms with Crippen molar-refractivity contribution in [3.63, 3.8) is 0 Å². The largest absolute Gasteiger partial charge is 0.353 e. The van der Waals surface area contributed by atoms with Crippen LogP contribution in [0.15, 0.2) is 29.4 Å². The van der Waals surface area contributed by atoms with Crippen molar-refractivity contribution in [3.05, 3.63) is 30.1 Å². The molecule has 1 N–H and O–H groups in total. The highest BCUT2D eigenvalue weighted by Crippen LogP contribution is 2.18. The molecule has 0 bridgehead atoms. The molecule has 1 aromatic carbocycles. The smallest absolute Gasteiger partial charge is 0.230 e. The molecule has 0 radical (unpaired) electrons. The first-order valence-corrected chi connectivity index (χ1v) is 8.05. The molecule has 8 heteroatoms. The minimum absolute atomic E-state index is 0.0697. The highest BCUT2D eigenvalue weighted by atomic mass is 32.2. The molecular weight excluding hydrogens is 305 g/mol. The van der Waals surface area contributed by atoms with E-state index in [-0.39, 0.29) is 23.5 Å². The average molecular weight is 323 g/mol. The van der Waals surface area contributed by atoms with E-state index in [4.69, 9.17) is 0 Å². The Morgan fingerprint density at radius 1 is 1.50 bits per heavy atom. The molecule has 0 aliphatic rings. The van der Waals surface area contributed by atoms with Crippen molar-refractivity contribution in [2.24, 2.45) is 0 Å². The predicted octanol–water partition coefficient (Wildman–Crippen LogP) is 2.20. The number of carbonyl (C=O) groups excluding carboxylic acids is 1. The van der Waals surface area contributed by atoms with Gasteiger partial charge in [-0.3, -0.25) is 4.79 Å². The lowest BCUT2D eigenvalue weighted by molar-refractivity contribution is -0.119. The van der Waals surface area contributed by atoms with Crippen LogP contribution < -0.4 is 5.32 Å². The Morgan fingerprint density at radius 3 is 3.05 bits per heavy atom. The fourth-order valence-electron chi connectivity index (χ4n) is 1.99. The van der Waals surface area contributed by atoms with Gasteiger partial charge in [-0.25, -0.2) is 4.39 Å². The SMILES string of the molecule is CCC[C@@H](C)NC(=O)CSc1nnnn1-c1cccc(F)c1. The number of nitrogens with zero attached hydrogens (tertiary/aromatic N) is 4. The summed E-state index contributed by atoms with van der Waals surface area (Å²) in [7, 11) is 0. The zero-order chi connectivity index (χ0) is 15.9. The van der Waals surface area contributed by atoms with Crippen molar-refractivity contribution in [1.29, 1.82) is 0 Å². The lowest BCUT2D eigenvalue weighted by Gasteiger charge is -2.12. The molecule has 6 nitrogen and oxygen atoms in total. The lowest BCUT2D eigenvalue weighted by Crippen LogP contribution is -2.33. The van der Waals surface area contributed by atoms with Gasteiger partial charge in [-0.1, -0.05) is 31.2 Å². The maximum atomic E-state index is 13.3. The van der Waals surface area contributed by atoms with E-state index in [1.165, 1.54) is 28.6 Å². The quantitative estimate of drug-likeness (QED) is 0.791. The molecule has 1 aromatic heterocycles. The zero-order valence-electron chi connectivity index (χ0n) is 12.5. The molecule has 1 heterocycles. The Balaban J connectivity index is 1.97. The number of amides is 1. The van der Waals surface area contributed by atoms with Crippen LogP contribution in [0, 0.1) is 5.82 Å². The van der Waals surface area contributed by atoms with Gasteiger partial charge < -0.3 is 5.32 Å². The number of halogens is 1. The fraction of sp³-hybridized carbons (Fsp3) is 0.429. The first kappa shape index (κ1) is 16.4. The number of hydrogen-bond donors (Lipinski definition) is 1. The first-order valence-electron chi connectivity index (χ1n) is 7.06. The molecule has 0 fully saturated rings. The molecule has 1 amide bonds. The van der Waals surface area contributed by atoms with Crippen LogP contribution in [0.2, 0.25) is 0 Å². The summed E-state index contributed by atoms with van der Waals surface area (Å²) in [6, 6.07) is 6.12. The standard InChI is InChI=1S/C14H18FN5OS/c1-3-5-10(2)16-13(21)9-22-14-17-18-19-20(14)12-7-4-6-11(15)8-12/h4,6-8,10H,3,5,9H2,1-2H3,(H,16,21)/t10-/m1/s1. The van der Waals surface area contributed by atoms with Crippen LogP contribution in [0.1, 0.15) is 26.7 Å². The number of thioether (sulfide) groups is 1. The van der Waals surface area contributed by atoms with E-state index < -0.39 is 0 Å². The molecule has 22 heavy (non-hydrogen) atoms. The molecular formula is C14H18FN5OS. The predicted molar refractivity (Wildman–Crippen MR) is 82.3 cm³/mol. The van der Waals surface area contributed by atoms with Gasteiger partial charge in [0.25, 0.3) is 0 Å². The molecule has 2 rings (SSSR count). The Labute approximate surface area is 132 Å². The Bertz CT molecular complexity index is 633. The van der Waals surface area contributed by atoms with Crippen LogP contribution in [0.5, 0.6) is 0 Å². The number of benzene rings is 1. The van der Waals surface area contributed by atoms with Crippen LogP contribution >= 0.6 is 11.8 Å². The third-order valence-corrected chi connectivity index (χ3v) is 3.87. The van der Waals surface area contributed by atoms with E-state index in [9.17, 15) is 9.18 Å². The number of hydrogen-bond acceptors (Lipinski definition) is 5. The van der Waals surface area contributed by atoms with Gasteiger partial charge in [-0.2, -0.15) is 4.68 Å². The summed E-state index contributed by atoms with van der Waals surface area (Å²) < 4.78 is 14.7. The number of rotatable bonds is 7. The third-order valence-electron chi connectivity index (χ3n) is 2.96. The lowest BCUT2D eigenvalue weighted by atomic mass is 10.2. The first-order chi connectivity index (χ1) is 10.6. The van der Waals surface area contributed by atoms with Gasteiger partial charge in [0.05, 0.1) is 11.4 Å². The van der Waals surface area contributed by atoms with Crippen LogP contribution in [0.3, 0.4) is 0 Å². The van der Waals surface area contributed by atoms with Crippen molar-refractivity contribution >= 4 is 17.7 Å². The Hall–Kier alpha value is -1.96. The summed E-state index contributed by atoms with van der Waals surface area (Å²) in [4.78, 5) is 11.9. The van der Waals surface area contributed by atoms with Crippen LogP contribution in [0.25, 0.3) is 5.69 Å². The van der Waals surface area contributed by atoms with Crippen LogP contribution in [-0.2, 0) is 4.79 Å². The molecule has 0 aliphatic carbocycles. The molecule has 118 valence electrons. The maximum Gasteiger partial charge on any atom is 0.230 e. The molecule has 0 saturated carbocycles. The van der Waals surface area contributed by atoms with E-state index in [0.29, 0.717) is 10.8 Å². The van der Waals surface area contributed by atoms with E-state index in [2.05, 4.69) is 27.8 Å². The summed E-state index contributed by atoms with van der Waals surface area (Å²) in [6.45, 7) is 4.05. The minimum Gasteiger partial charge on any atom is -0.353 e. The maximum absolute atomic E-state index is 13.3. The summed E-state index contributed by atoms with van der Waals surface area (Å²) in [5.74, 6) is -0.223. The van der Waals surface area contributed by atoms with Gasteiger partial charge in [-0.15, -0.1) is 5.10 Å². The van der Waals surface area contributed by atoms with Gasteiger partial charge in [0.1, 0.15) is 5.82 Å². The summed E-state index contributed by atoms with van der Waals surface area (Å²) >= 11 is 1.21.